The molecule has 1 aromatic heterocycles. The summed E-state index contributed by atoms with van der Waals surface area (Å²) in [4.78, 5) is 16.4. The Balaban J connectivity index is 1.89. The van der Waals surface area contributed by atoms with Crippen LogP contribution in [0.1, 0.15) is 18.9 Å². The van der Waals surface area contributed by atoms with Crippen molar-refractivity contribution in [2.24, 2.45) is 5.92 Å². The molecular formula is C15H23N3O3. The number of nitrogens with one attached hydrogen (secondary N) is 2. The standard InChI is InChI=1S/C15H23N3O3/c1-3-6-16-13-10-21-9-12(13)14(19)18-8-11-5-4-7-17-15(11)20-2/h4-5,7,12-13,16H,3,6,8-10H2,1-2H3,(H,18,19). The Hall–Kier alpha value is -1.66. The zero-order valence-electron chi connectivity index (χ0n) is 12.6. The van der Waals surface area contributed by atoms with Crippen LogP contribution in [-0.4, -0.2) is 43.8 Å². The monoisotopic (exact) mass is 293 g/mol. The van der Waals surface area contributed by atoms with E-state index in [-0.39, 0.29) is 17.9 Å². The molecule has 21 heavy (non-hydrogen) atoms. The van der Waals surface area contributed by atoms with Crippen LogP contribution in [0.3, 0.4) is 0 Å². The maximum absolute atomic E-state index is 12.3. The van der Waals surface area contributed by atoms with Crippen molar-refractivity contribution < 1.29 is 14.3 Å². The maximum atomic E-state index is 12.3. The Morgan fingerprint density at radius 1 is 1.52 bits per heavy atom. The predicted octanol–water partition coefficient (Wildman–Crippen LogP) is 0.721. The zero-order chi connectivity index (χ0) is 15.1. The summed E-state index contributed by atoms with van der Waals surface area (Å²) < 4.78 is 10.6. The highest BCUT2D eigenvalue weighted by Crippen LogP contribution is 2.16. The molecule has 2 rings (SSSR count). The SMILES string of the molecule is CCCNC1COCC1C(=O)NCc1cccnc1OC. The van der Waals surface area contributed by atoms with Gasteiger partial charge in [0.1, 0.15) is 0 Å². The molecule has 6 heteroatoms. The van der Waals surface area contributed by atoms with Crippen molar-refractivity contribution in [2.75, 3.05) is 26.9 Å². The van der Waals surface area contributed by atoms with Gasteiger partial charge in [0.2, 0.25) is 11.8 Å². The molecule has 1 saturated heterocycles. The van der Waals surface area contributed by atoms with Crippen molar-refractivity contribution in [3.05, 3.63) is 23.9 Å². The van der Waals surface area contributed by atoms with Crippen molar-refractivity contribution in [1.82, 2.24) is 15.6 Å². The second-order valence-electron chi connectivity index (χ2n) is 5.09. The summed E-state index contributed by atoms with van der Waals surface area (Å²) in [7, 11) is 1.57. The van der Waals surface area contributed by atoms with Crippen LogP contribution in [-0.2, 0) is 16.1 Å². The van der Waals surface area contributed by atoms with Crippen molar-refractivity contribution >= 4 is 5.91 Å². The highest BCUT2D eigenvalue weighted by atomic mass is 16.5. The zero-order valence-corrected chi connectivity index (χ0v) is 12.6. The topological polar surface area (TPSA) is 72.5 Å². The normalized spacial score (nSPS) is 21.2. The van der Waals surface area contributed by atoms with Gasteiger partial charge in [-0.3, -0.25) is 4.79 Å². The van der Waals surface area contributed by atoms with E-state index in [0.717, 1.165) is 18.5 Å². The van der Waals surface area contributed by atoms with E-state index in [9.17, 15) is 4.79 Å². The molecule has 2 unspecified atom stereocenters. The first-order chi connectivity index (χ1) is 10.3. The molecule has 2 heterocycles. The van der Waals surface area contributed by atoms with Crippen LogP contribution in [0.2, 0.25) is 0 Å². The molecule has 0 radical (unpaired) electrons. The maximum Gasteiger partial charge on any atom is 0.227 e. The second kappa shape index (κ2) is 7.95. The van der Waals surface area contributed by atoms with E-state index in [4.69, 9.17) is 9.47 Å². The quantitative estimate of drug-likeness (QED) is 0.775. The molecule has 1 amide bonds. The second-order valence-corrected chi connectivity index (χ2v) is 5.09. The summed E-state index contributed by atoms with van der Waals surface area (Å²) in [5, 5.41) is 6.30. The molecule has 2 atom stereocenters. The third-order valence-corrected chi connectivity index (χ3v) is 3.57. The summed E-state index contributed by atoms with van der Waals surface area (Å²) in [6, 6.07) is 3.82. The molecule has 0 aliphatic carbocycles. The van der Waals surface area contributed by atoms with Crippen molar-refractivity contribution in [3.63, 3.8) is 0 Å². The molecule has 0 aromatic carbocycles. The van der Waals surface area contributed by atoms with E-state index in [1.165, 1.54) is 0 Å². The fraction of sp³-hybridized carbons (Fsp3) is 0.600. The number of rotatable bonds is 7. The highest BCUT2D eigenvalue weighted by Gasteiger charge is 2.33. The molecule has 1 aliphatic rings. The smallest absolute Gasteiger partial charge is 0.227 e. The van der Waals surface area contributed by atoms with Crippen molar-refractivity contribution in [2.45, 2.75) is 25.9 Å². The summed E-state index contributed by atoms with van der Waals surface area (Å²) in [6.07, 6.45) is 2.71. The number of ether oxygens (including phenoxy) is 2. The molecule has 1 aromatic rings. The summed E-state index contributed by atoms with van der Waals surface area (Å²) in [5.74, 6) is 0.410. The molecule has 116 valence electrons. The summed E-state index contributed by atoms with van der Waals surface area (Å²) >= 11 is 0. The minimum Gasteiger partial charge on any atom is -0.481 e. The van der Waals surface area contributed by atoms with Crippen LogP contribution in [0.15, 0.2) is 18.3 Å². The van der Waals surface area contributed by atoms with Gasteiger partial charge in [0.15, 0.2) is 0 Å². The van der Waals surface area contributed by atoms with Gasteiger partial charge < -0.3 is 20.1 Å². The number of pyridine rings is 1. The number of aromatic nitrogens is 1. The Morgan fingerprint density at radius 3 is 3.14 bits per heavy atom. The minimum atomic E-state index is -0.140. The van der Waals surface area contributed by atoms with E-state index in [2.05, 4.69) is 22.5 Å². The first-order valence-electron chi connectivity index (χ1n) is 7.33. The number of carbonyl (C=O) groups is 1. The van der Waals surface area contributed by atoms with Crippen LogP contribution in [0.5, 0.6) is 5.88 Å². The van der Waals surface area contributed by atoms with Gasteiger partial charge in [-0.1, -0.05) is 13.0 Å². The van der Waals surface area contributed by atoms with Crippen LogP contribution in [0, 0.1) is 5.92 Å². The first-order valence-corrected chi connectivity index (χ1v) is 7.33. The van der Waals surface area contributed by atoms with Gasteiger partial charge in [-0.15, -0.1) is 0 Å². The lowest BCUT2D eigenvalue weighted by Crippen LogP contribution is -2.44. The lowest BCUT2D eigenvalue weighted by molar-refractivity contribution is -0.125. The van der Waals surface area contributed by atoms with E-state index >= 15 is 0 Å². The lowest BCUT2D eigenvalue weighted by Gasteiger charge is -2.18. The molecule has 6 nitrogen and oxygen atoms in total. The molecule has 2 N–H and O–H groups in total. The van der Waals surface area contributed by atoms with Crippen molar-refractivity contribution in [1.29, 1.82) is 0 Å². The minimum absolute atomic E-state index is 0.00649. The van der Waals surface area contributed by atoms with Crippen LogP contribution < -0.4 is 15.4 Å². The molecule has 1 aliphatic heterocycles. The number of amides is 1. The average molecular weight is 293 g/mol. The number of methoxy groups -OCH3 is 1. The number of nitrogens with zero attached hydrogens (tertiary/aromatic N) is 1. The van der Waals surface area contributed by atoms with Gasteiger partial charge >= 0.3 is 0 Å². The Kier molecular flexibility index (Phi) is 5.95. The predicted molar refractivity (Wildman–Crippen MR) is 79.0 cm³/mol. The number of hydrogen-bond donors (Lipinski definition) is 2. The fourth-order valence-electron chi connectivity index (χ4n) is 2.40. The Labute approximate surface area is 125 Å². The van der Waals surface area contributed by atoms with Gasteiger partial charge in [-0.25, -0.2) is 4.98 Å². The molecule has 0 bridgehead atoms. The third kappa shape index (κ3) is 4.15. The van der Waals surface area contributed by atoms with Gasteiger partial charge in [0, 0.05) is 24.3 Å². The van der Waals surface area contributed by atoms with E-state index in [0.29, 0.717) is 25.6 Å². The van der Waals surface area contributed by atoms with Gasteiger partial charge in [-0.2, -0.15) is 0 Å². The lowest BCUT2D eigenvalue weighted by atomic mass is 10.0. The van der Waals surface area contributed by atoms with E-state index in [1.807, 2.05) is 12.1 Å². The van der Waals surface area contributed by atoms with Gasteiger partial charge in [-0.05, 0) is 19.0 Å². The molecule has 0 saturated carbocycles. The first kappa shape index (κ1) is 15.7. The number of carbonyl (C=O) groups excluding carboxylic acids is 1. The van der Waals surface area contributed by atoms with Gasteiger partial charge in [0.05, 0.1) is 26.2 Å². The van der Waals surface area contributed by atoms with E-state index < -0.39 is 0 Å². The van der Waals surface area contributed by atoms with E-state index in [1.54, 1.807) is 13.3 Å². The molecular weight excluding hydrogens is 270 g/mol. The number of hydrogen-bond acceptors (Lipinski definition) is 5. The third-order valence-electron chi connectivity index (χ3n) is 3.57. The van der Waals surface area contributed by atoms with Crippen LogP contribution in [0.4, 0.5) is 0 Å². The Bertz CT molecular complexity index is 467. The highest BCUT2D eigenvalue weighted by molar-refractivity contribution is 5.79. The summed E-state index contributed by atoms with van der Waals surface area (Å²) in [5.41, 5.74) is 0.866. The van der Waals surface area contributed by atoms with Crippen LogP contribution in [0.25, 0.3) is 0 Å². The fourth-order valence-corrected chi connectivity index (χ4v) is 2.40. The molecule has 0 spiro atoms. The Morgan fingerprint density at radius 2 is 2.38 bits per heavy atom. The largest absolute Gasteiger partial charge is 0.481 e. The van der Waals surface area contributed by atoms with Crippen LogP contribution >= 0.6 is 0 Å². The molecule has 1 fully saturated rings. The van der Waals surface area contributed by atoms with Gasteiger partial charge in [0.25, 0.3) is 0 Å². The average Bonchev–Trinajstić information content (AvgIpc) is 2.99. The van der Waals surface area contributed by atoms with Crippen molar-refractivity contribution in [3.8, 4) is 5.88 Å². The summed E-state index contributed by atoms with van der Waals surface area (Å²) in [6.45, 7) is 4.47.